The molecule has 0 radical (unpaired) electrons. The minimum Gasteiger partial charge on any atom is -0.345 e. The van der Waals surface area contributed by atoms with Crippen molar-refractivity contribution in [3.8, 4) is 5.69 Å². The van der Waals surface area contributed by atoms with Crippen LogP contribution in [0.25, 0.3) is 16.6 Å². The zero-order valence-electron chi connectivity index (χ0n) is 18.5. The number of nitrogens with zero attached hydrogens (tertiary/aromatic N) is 3. The molecule has 172 valence electrons. The minimum absolute atomic E-state index is 0.0214. The molecule has 0 aliphatic rings. The summed E-state index contributed by atoms with van der Waals surface area (Å²) in [5, 5.41) is 4.03. The van der Waals surface area contributed by atoms with Crippen molar-refractivity contribution in [3.63, 3.8) is 0 Å². The van der Waals surface area contributed by atoms with Crippen molar-refractivity contribution in [2.75, 3.05) is 25.2 Å². The molecule has 0 atom stereocenters. The van der Waals surface area contributed by atoms with E-state index in [1.54, 1.807) is 86.9 Å². The van der Waals surface area contributed by atoms with Crippen LogP contribution in [0.4, 0.5) is 5.69 Å². The van der Waals surface area contributed by atoms with E-state index in [0.29, 0.717) is 38.0 Å². The van der Waals surface area contributed by atoms with Crippen molar-refractivity contribution in [2.45, 2.75) is 5.16 Å². The highest BCUT2D eigenvalue weighted by Gasteiger charge is 2.16. The molecule has 0 fully saturated rings. The summed E-state index contributed by atoms with van der Waals surface area (Å²) in [7, 11) is 3.36. The Bertz CT molecular complexity index is 1430. The molecule has 34 heavy (non-hydrogen) atoms. The lowest BCUT2D eigenvalue weighted by Gasteiger charge is -2.14. The zero-order chi connectivity index (χ0) is 24.2. The smallest absolute Gasteiger partial charge is 0.266 e. The van der Waals surface area contributed by atoms with Gasteiger partial charge in [0.25, 0.3) is 11.5 Å². The van der Waals surface area contributed by atoms with Gasteiger partial charge in [0.1, 0.15) is 0 Å². The summed E-state index contributed by atoms with van der Waals surface area (Å²) in [6.45, 7) is 0. The SMILES string of the molecule is CN(C)C(=O)c1ccc(NC(=O)CSc2nc3ccccc3c(=O)n2-c2ccccc2Cl)cc1. The van der Waals surface area contributed by atoms with E-state index in [-0.39, 0.29) is 23.1 Å². The van der Waals surface area contributed by atoms with Gasteiger partial charge >= 0.3 is 0 Å². The molecule has 4 rings (SSSR count). The number of hydrogen-bond acceptors (Lipinski definition) is 5. The molecule has 1 aromatic heterocycles. The van der Waals surface area contributed by atoms with E-state index < -0.39 is 0 Å². The highest BCUT2D eigenvalue weighted by molar-refractivity contribution is 7.99. The number of hydrogen-bond donors (Lipinski definition) is 1. The Labute approximate surface area is 205 Å². The van der Waals surface area contributed by atoms with Crippen LogP contribution in [0.15, 0.2) is 82.7 Å². The van der Waals surface area contributed by atoms with E-state index in [1.807, 2.05) is 0 Å². The Balaban J connectivity index is 1.58. The van der Waals surface area contributed by atoms with Crippen LogP contribution < -0.4 is 10.9 Å². The van der Waals surface area contributed by atoms with Crippen LogP contribution in [0.2, 0.25) is 5.02 Å². The standard InChI is InChI=1S/C25H21ClN4O3S/c1-29(2)23(32)16-11-13-17(14-12-16)27-22(31)15-34-25-28-20-9-5-3-7-18(20)24(33)30(25)21-10-6-4-8-19(21)26/h3-14H,15H2,1-2H3,(H,27,31). The summed E-state index contributed by atoms with van der Waals surface area (Å²) >= 11 is 7.51. The molecular formula is C25H21ClN4O3S. The van der Waals surface area contributed by atoms with Gasteiger partial charge in [-0.2, -0.15) is 0 Å². The molecular weight excluding hydrogens is 472 g/mol. The molecule has 0 unspecified atom stereocenters. The number of halogens is 1. The number of thioether (sulfide) groups is 1. The second kappa shape index (κ2) is 10.1. The highest BCUT2D eigenvalue weighted by Crippen LogP contribution is 2.26. The predicted octanol–water partition coefficient (Wildman–Crippen LogP) is 4.47. The summed E-state index contributed by atoms with van der Waals surface area (Å²) < 4.78 is 1.43. The van der Waals surface area contributed by atoms with Crippen molar-refractivity contribution < 1.29 is 9.59 Å². The Hall–Kier alpha value is -3.62. The van der Waals surface area contributed by atoms with Crippen molar-refractivity contribution >= 4 is 51.8 Å². The van der Waals surface area contributed by atoms with Gasteiger partial charge in [-0.15, -0.1) is 0 Å². The number of carbonyl (C=O) groups is 2. The molecule has 3 aromatic carbocycles. The largest absolute Gasteiger partial charge is 0.345 e. The summed E-state index contributed by atoms with van der Waals surface area (Å²) in [5.41, 5.74) is 1.87. The summed E-state index contributed by atoms with van der Waals surface area (Å²) in [6.07, 6.45) is 0. The first-order valence-electron chi connectivity index (χ1n) is 10.4. The van der Waals surface area contributed by atoms with E-state index in [2.05, 4.69) is 10.3 Å². The van der Waals surface area contributed by atoms with E-state index in [0.717, 1.165) is 11.8 Å². The monoisotopic (exact) mass is 492 g/mol. The van der Waals surface area contributed by atoms with Crippen LogP contribution in [0.3, 0.4) is 0 Å². The number of aromatic nitrogens is 2. The maximum atomic E-state index is 13.3. The van der Waals surface area contributed by atoms with Crippen molar-refractivity contribution in [2.24, 2.45) is 0 Å². The Morgan fingerprint density at radius 1 is 1.00 bits per heavy atom. The number of nitrogens with one attached hydrogen (secondary N) is 1. The third kappa shape index (κ3) is 4.98. The third-order valence-corrected chi connectivity index (χ3v) is 6.25. The molecule has 0 saturated carbocycles. The predicted molar refractivity (Wildman–Crippen MR) is 136 cm³/mol. The lowest BCUT2D eigenvalue weighted by molar-refractivity contribution is -0.113. The number of carbonyl (C=O) groups excluding carboxylic acids is 2. The maximum Gasteiger partial charge on any atom is 0.266 e. The molecule has 2 amide bonds. The number of anilines is 1. The minimum atomic E-state index is -0.273. The average Bonchev–Trinajstić information content (AvgIpc) is 2.83. The topological polar surface area (TPSA) is 84.3 Å². The molecule has 1 N–H and O–H groups in total. The normalized spacial score (nSPS) is 10.8. The first kappa shape index (κ1) is 23.5. The zero-order valence-corrected chi connectivity index (χ0v) is 20.1. The molecule has 4 aromatic rings. The number of benzene rings is 3. The van der Waals surface area contributed by atoms with Gasteiger partial charge in [0.15, 0.2) is 5.16 Å². The molecule has 9 heteroatoms. The first-order valence-corrected chi connectivity index (χ1v) is 11.7. The lowest BCUT2D eigenvalue weighted by Crippen LogP contribution is -2.23. The fourth-order valence-electron chi connectivity index (χ4n) is 3.34. The number of amides is 2. The molecule has 0 bridgehead atoms. The summed E-state index contributed by atoms with van der Waals surface area (Å²) in [6, 6.07) is 20.7. The van der Waals surface area contributed by atoms with Gasteiger partial charge < -0.3 is 10.2 Å². The van der Waals surface area contributed by atoms with E-state index >= 15 is 0 Å². The highest BCUT2D eigenvalue weighted by atomic mass is 35.5. The quantitative estimate of drug-likeness (QED) is 0.317. The van der Waals surface area contributed by atoms with Gasteiger partial charge in [0.05, 0.1) is 27.4 Å². The first-order chi connectivity index (χ1) is 16.3. The molecule has 7 nitrogen and oxygen atoms in total. The average molecular weight is 493 g/mol. The van der Waals surface area contributed by atoms with Crippen LogP contribution in [0.1, 0.15) is 10.4 Å². The molecule has 0 saturated heterocycles. The number of para-hydroxylation sites is 2. The fourth-order valence-corrected chi connectivity index (χ4v) is 4.36. The van der Waals surface area contributed by atoms with Gasteiger partial charge in [-0.05, 0) is 48.5 Å². The van der Waals surface area contributed by atoms with Gasteiger partial charge in [0.2, 0.25) is 5.91 Å². The molecule has 0 spiro atoms. The number of fused-ring (bicyclic) bond motifs is 1. The van der Waals surface area contributed by atoms with E-state index in [9.17, 15) is 14.4 Å². The molecule has 0 aliphatic carbocycles. The fraction of sp³-hybridized carbons (Fsp3) is 0.120. The van der Waals surface area contributed by atoms with Gasteiger partial charge in [0, 0.05) is 25.3 Å². The van der Waals surface area contributed by atoms with Gasteiger partial charge in [-0.1, -0.05) is 47.6 Å². The van der Waals surface area contributed by atoms with Crippen molar-refractivity contribution in [1.82, 2.24) is 14.5 Å². The second-order valence-corrected chi connectivity index (χ2v) is 8.97. The molecule has 0 aliphatic heterocycles. The second-order valence-electron chi connectivity index (χ2n) is 7.62. The van der Waals surface area contributed by atoms with Crippen LogP contribution >= 0.6 is 23.4 Å². The summed E-state index contributed by atoms with van der Waals surface area (Å²) in [4.78, 5) is 44.1. The Morgan fingerprint density at radius 3 is 2.38 bits per heavy atom. The number of rotatable bonds is 6. The summed E-state index contributed by atoms with van der Waals surface area (Å²) in [5.74, 6) is -0.369. The van der Waals surface area contributed by atoms with Crippen LogP contribution in [0.5, 0.6) is 0 Å². The molecule has 1 heterocycles. The van der Waals surface area contributed by atoms with Crippen LogP contribution in [0, 0.1) is 0 Å². The van der Waals surface area contributed by atoms with Crippen molar-refractivity contribution in [1.29, 1.82) is 0 Å². The van der Waals surface area contributed by atoms with E-state index in [4.69, 9.17) is 11.6 Å². The third-order valence-electron chi connectivity index (χ3n) is 4.99. The van der Waals surface area contributed by atoms with Gasteiger partial charge in [-0.25, -0.2) is 4.98 Å². The Morgan fingerprint density at radius 2 is 1.68 bits per heavy atom. The van der Waals surface area contributed by atoms with Crippen LogP contribution in [-0.2, 0) is 4.79 Å². The van der Waals surface area contributed by atoms with Crippen molar-refractivity contribution in [3.05, 3.63) is 93.7 Å². The van der Waals surface area contributed by atoms with Crippen LogP contribution in [-0.4, -0.2) is 46.1 Å². The maximum absolute atomic E-state index is 13.3. The Kier molecular flexibility index (Phi) is 7.00. The van der Waals surface area contributed by atoms with E-state index in [1.165, 1.54) is 9.47 Å². The van der Waals surface area contributed by atoms with Gasteiger partial charge in [-0.3, -0.25) is 19.0 Å². The lowest BCUT2D eigenvalue weighted by atomic mass is 10.2.